The summed E-state index contributed by atoms with van der Waals surface area (Å²) in [6, 6.07) is 3.40. The van der Waals surface area contributed by atoms with E-state index in [1.54, 1.807) is 7.11 Å². The Kier molecular flexibility index (Phi) is 6.80. The van der Waals surface area contributed by atoms with E-state index in [2.05, 4.69) is 25.6 Å². The van der Waals surface area contributed by atoms with Gasteiger partial charge in [0.2, 0.25) is 5.95 Å². The number of nitrogens with zero attached hydrogens (tertiary/aromatic N) is 3. The number of aryl methyl sites for hydroxylation is 3. The number of pyridine rings is 1. The highest BCUT2D eigenvalue weighted by molar-refractivity contribution is 5.87. The minimum Gasteiger partial charge on any atom is -0.454 e. The Balaban J connectivity index is 1.76. The van der Waals surface area contributed by atoms with Gasteiger partial charge in [0.1, 0.15) is 17.7 Å². The number of ether oxygens (including phenoxy) is 1. The normalized spacial score (nSPS) is 22.8. The molecule has 33 heavy (non-hydrogen) atoms. The first-order chi connectivity index (χ1) is 15.8. The fraction of sp³-hybridized carbons (Fsp3) is 0.522. The summed E-state index contributed by atoms with van der Waals surface area (Å²) in [7, 11) is 1.62. The topological polar surface area (TPSA) is 146 Å². The predicted molar refractivity (Wildman–Crippen MR) is 124 cm³/mol. The largest absolute Gasteiger partial charge is 0.454 e. The maximum absolute atomic E-state index is 10.5. The smallest absolute Gasteiger partial charge is 0.224 e. The Morgan fingerprint density at radius 1 is 1.09 bits per heavy atom. The fourth-order valence-electron chi connectivity index (χ4n) is 4.43. The van der Waals surface area contributed by atoms with Crippen molar-refractivity contribution in [2.75, 3.05) is 37.5 Å². The van der Waals surface area contributed by atoms with Gasteiger partial charge in [0.15, 0.2) is 5.58 Å². The molecular formula is C23H31N5O5. The van der Waals surface area contributed by atoms with Gasteiger partial charge in [0.05, 0.1) is 35.7 Å². The van der Waals surface area contributed by atoms with Gasteiger partial charge in [-0.3, -0.25) is 4.98 Å². The lowest BCUT2D eigenvalue weighted by atomic mass is 10.1. The number of hydrogen-bond acceptors (Lipinski definition) is 10. The summed E-state index contributed by atoms with van der Waals surface area (Å²) in [5.41, 5.74) is 3.73. The zero-order valence-electron chi connectivity index (χ0n) is 19.3. The minimum absolute atomic E-state index is 0.203. The lowest BCUT2D eigenvalue weighted by Gasteiger charge is -2.21. The van der Waals surface area contributed by atoms with Crippen LogP contribution >= 0.6 is 0 Å². The summed E-state index contributed by atoms with van der Waals surface area (Å²) in [5.74, 6) is 1.05. The summed E-state index contributed by atoms with van der Waals surface area (Å²) in [4.78, 5) is 13.7. The number of fused-ring (bicyclic) bond motifs is 1. The Bertz CT molecular complexity index is 1130. The van der Waals surface area contributed by atoms with Gasteiger partial charge in [-0.15, -0.1) is 0 Å². The number of hydrogen-bond donors (Lipinski definition) is 5. The van der Waals surface area contributed by atoms with Crippen LogP contribution in [0, 0.1) is 26.7 Å². The van der Waals surface area contributed by atoms with Crippen LogP contribution in [-0.4, -0.2) is 75.4 Å². The SMILES string of the molecule is COCCNc1nc(C)c(-c2cc3cc(C)nc(C)c3o2)c(N[C@@H]2C[C@H](CO)[C@@H](O)[C@H]2O)n1. The minimum atomic E-state index is -1.04. The highest BCUT2D eigenvalue weighted by Gasteiger charge is 2.41. The molecule has 1 aliphatic carbocycles. The first kappa shape index (κ1) is 23.4. The van der Waals surface area contributed by atoms with Crippen LogP contribution in [0.1, 0.15) is 23.5 Å². The van der Waals surface area contributed by atoms with Crippen molar-refractivity contribution < 1.29 is 24.5 Å². The highest BCUT2D eigenvalue weighted by atomic mass is 16.5. The molecule has 0 radical (unpaired) electrons. The molecule has 4 rings (SSSR count). The number of anilines is 2. The average molecular weight is 458 g/mol. The number of aromatic nitrogens is 3. The van der Waals surface area contributed by atoms with Crippen molar-refractivity contribution in [1.29, 1.82) is 0 Å². The summed E-state index contributed by atoms with van der Waals surface area (Å²) in [6.07, 6.45) is -1.66. The molecule has 3 aromatic rings. The van der Waals surface area contributed by atoms with Gasteiger partial charge in [-0.25, -0.2) is 4.98 Å². The van der Waals surface area contributed by atoms with Crippen molar-refractivity contribution in [3.63, 3.8) is 0 Å². The number of aliphatic hydroxyl groups is 3. The molecule has 10 nitrogen and oxygen atoms in total. The third kappa shape index (κ3) is 4.65. The molecule has 4 atom stereocenters. The molecule has 0 aromatic carbocycles. The van der Waals surface area contributed by atoms with Gasteiger partial charge in [-0.2, -0.15) is 4.98 Å². The van der Waals surface area contributed by atoms with Crippen molar-refractivity contribution >= 4 is 22.7 Å². The van der Waals surface area contributed by atoms with Gasteiger partial charge < -0.3 is 35.1 Å². The highest BCUT2D eigenvalue weighted by Crippen LogP contribution is 2.37. The second kappa shape index (κ2) is 9.60. The van der Waals surface area contributed by atoms with Crippen LogP contribution in [0.15, 0.2) is 16.5 Å². The van der Waals surface area contributed by atoms with Crippen LogP contribution in [0.3, 0.4) is 0 Å². The summed E-state index contributed by atoms with van der Waals surface area (Å²) in [6.45, 7) is 6.52. The van der Waals surface area contributed by atoms with Crippen molar-refractivity contribution in [2.24, 2.45) is 5.92 Å². The van der Waals surface area contributed by atoms with Crippen molar-refractivity contribution in [2.45, 2.75) is 45.4 Å². The fourth-order valence-corrected chi connectivity index (χ4v) is 4.43. The number of methoxy groups -OCH3 is 1. The maximum atomic E-state index is 10.5. The maximum Gasteiger partial charge on any atom is 0.224 e. The molecule has 0 aliphatic heterocycles. The lowest BCUT2D eigenvalue weighted by Crippen LogP contribution is -2.35. The zero-order chi connectivity index (χ0) is 23.7. The van der Waals surface area contributed by atoms with E-state index in [4.69, 9.17) is 9.15 Å². The number of nitrogens with one attached hydrogen (secondary N) is 2. The molecule has 0 amide bonds. The van der Waals surface area contributed by atoms with Crippen molar-refractivity contribution in [1.82, 2.24) is 15.0 Å². The Morgan fingerprint density at radius 2 is 1.88 bits per heavy atom. The predicted octanol–water partition coefficient (Wildman–Crippen LogP) is 1.78. The molecule has 10 heteroatoms. The molecule has 3 aromatic heterocycles. The van der Waals surface area contributed by atoms with Crippen LogP contribution < -0.4 is 10.6 Å². The third-order valence-corrected chi connectivity index (χ3v) is 6.08. The van der Waals surface area contributed by atoms with E-state index < -0.39 is 24.2 Å². The molecule has 3 heterocycles. The van der Waals surface area contributed by atoms with Gasteiger partial charge in [-0.1, -0.05) is 0 Å². The van der Waals surface area contributed by atoms with E-state index in [0.29, 0.717) is 53.9 Å². The second-order valence-electron chi connectivity index (χ2n) is 8.56. The van der Waals surface area contributed by atoms with E-state index in [1.807, 2.05) is 32.9 Å². The van der Waals surface area contributed by atoms with E-state index in [-0.39, 0.29) is 6.61 Å². The van der Waals surface area contributed by atoms with Crippen LogP contribution in [0.2, 0.25) is 0 Å². The van der Waals surface area contributed by atoms with Crippen LogP contribution in [0.25, 0.3) is 22.3 Å². The van der Waals surface area contributed by atoms with Crippen LogP contribution in [0.4, 0.5) is 11.8 Å². The molecule has 0 bridgehead atoms. The number of furan rings is 1. The molecule has 1 saturated carbocycles. The average Bonchev–Trinajstić information content (AvgIpc) is 3.30. The molecule has 1 aliphatic rings. The first-order valence-electron chi connectivity index (χ1n) is 11.1. The van der Waals surface area contributed by atoms with Crippen molar-refractivity contribution in [3.05, 3.63) is 29.2 Å². The van der Waals surface area contributed by atoms with Gasteiger partial charge in [0.25, 0.3) is 0 Å². The quantitative estimate of drug-likeness (QED) is 0.317. The molecule has 178 valence electrons. The van der Waals surface area contributed by atoms with Gasteiger partial charge in [0, 0.05) is 37.3 Å². The molecule has 0 saturated heterocycles. The molecule has 5 N–H and O–H groups in total. The van der Waals surface area contributed by atoms with E-state index in [1.165, 1.54) is 0 Å². The first-order valence-corrected chi connectivity index (χ1v) is 11.1. The van der Waals surface area contributed by atoms with Gasteiger partial charge >= 0.3 is 0 Å². The second-order valence-corrected chi connectivity index (χ2v) is 8.56. The van der Waals surface area contributed by atoms with Crippen molar-refractivity contribution in [3.8, 4) is 11.3 Å². The number of rotatable bonds is 8. The molecule has 0 spiro atoms. The zero-order valence-corrected chi connectivity index (χ0v) is 19.3. The summed E-state index contributed by atoms with van der Waals surface area (Å²) >= 11 is 0. The summed E-state index contributed by atoms with van der Waals surface area (Å²) < 4.78 is 11.3. The summed E-state index contributed by atoms with van der Waals surface area (Å²) in [5, 5.41) is 37.7. The number of aliphatic hydroxyl groups excluding tert-OH is 3. The lowest BCUT2D eigenvalue weighted by molar-refractivity contribution is 0.00446. The Morgan fingerprint density at radius 3 is 2.58 bits per heavy atom. The van der Waals surface area contributed by atoms with Crippen LogP contribution in [-0.2, 0) is 4.74 Å². The van der Waals surface area contributed by atoms with Gasteiger partial charge in [-0.05, 0) is 39.3 Å². The van der Waals surface area contributed by atoms with E-state index >= 15 is 0 Å². The molecular weight excluding hydrogens is 426 g/mol. The Labute approximate surface area is 192 Å². The Hall–Kier alpha value is -2.79. The molecule has 0 unspecified atom stereocenters. The molecule has 1 fully saturated rings. The van der Waals surface area contributed by atoms with E-state index in [9.17, 15) is 15.3 Å². The van der Waals surface area contributed by atoms with Crippen LogP contribution in [0.5, 0.6) is 0 Å². The monoisotopic (exact) mass is 457 g/mol. The third-order valence-electron chi connectivity index (χ3n) is 6.08. The van der Waals surface area contributed by atoms with E-state index in [0.717, 1.165) is 16.8 Å². The standard InChI is InChI=1S/C23H31N5O5/c1-11-7-14-9-17(33-21(14)13(3)25-11)18-12(2)26-23(24-5-6-32-4)28-22(18)27-16-8-15(10-29)19(30)20(16)31/h7,9,15-16,19-20,29-31H,5-6,8,10H2,1-4H3,(H2,24,26,27,28)/t15-,16-,19-,20+/m1/s1.